The maximum atomic E-state index is 12.6. The molecule has 6 nitrogen and oxygen atoms in total. The van der Waals surface area contributed by atoms with Gasteiger partial charge in [0.1, 0.15) is 5.69 Å². The minimum Gasteiger partial charge on any atom is -0.463 e. The fourth-order valence-corrected chi connectivity index (χ4v) is 4.40. The molecule has 2 amide bonds. The second-order valence-electron chi connectivity index (χ2n) is 6.07. The van der Waals surface area contributed by atoms with Crippen molar-refractivity contribution in [3.8, 4) is 11.5 Å². The number of anilines is 1. The zero-order valence-electron chi connectivity index (χ0n) is 13.9. The van der Waals surface area contributed by atoms with Crippen molar-refractivity contribution in [3.05, 3.63) is 46.2 Å². The van der Waals surface area contributed by atoms with Crippen LogP contribution in [0.5, 0.6) is 0 Å². The number of thiophene rings is 1. The molecule has 1 aliphatic heterocycles. The van der Waals surface area contributed by atoms with E-state index in [0.717, 1.165) is 12.8 Å². The highest BCUT2D eigenvalue weighted by Crippen LogP contribution is 2.27. The van der Waals surface area contributed by atoms with Crippen molar-refractivity contribution in [2.75, 3.05) is 18.4 Å². The van der Waals surface area contributed by atoms with Crippen molar-refractivity contribution >= 4 is 39.6 Å². The summed E-state index contributed by atoms with van der Waals surface area (Å²) in [5, 5.41) is 7.16. The molecular formula is C18H17N3O3S2. The van der Waals surface area contributed by atoms with Gasteiger partial charge in [-0.1, -0.05) is 6.07 Å². The molecule has 1 fully saturated rings. The maximum absolute atomic E-state index is 12.6. The van der Waals surface area contributed by atoms with E-state index < -0.39 is 0 Å². The Morgan fingerprint density at radius 3 is 2.96 bits per heavy atom. The number of piperidine rings is 1. The fraction of sp³-hybridized carbons (Fsp3) is 0.278. The van der Waals surface area contributed by atoms with Gasteiger partial charge in [0, 0.05) is 18.5 Å². The summed E-state index contributed by atoms with van der Waals surface area (Å²) in [4.78, 5) is 32.0. The molecular weight excluding hydrogens is 370 g/mol. The van der Waals surface area contributed by atoms with Crippen LogP contribution in [0.4, 0.5) is 5.13 Å². The molecule has 0 unspecified atom stereocenters. The molecule has 8 heteroatoms. The van der Waals surface area contributed by atoms with Crippen LogP contribution in [-0.2, 0) is 4.79 Å². The number of aromatic nitrogens is 1. The van der Waals surface area contributed by atoms with E-state index in [1.54, 1.807) is 17.2 Å². The van der Waals surface area contributed by atoms with E-state index in [1.807, 2.05) is 29.0 Å². The first kappa shape index (κ1) is 17.0. The average molecular weight is 387 g/mol. The minimum atomic E-state index is -0.219. The average Bonchev–Trinajstić information content (AvgIpc) is 3.42. The second-order valence-corrected chi connectivity index (χ2v) is 7.88. The summed E-state index contributed by atoms with van der Waals surface area (Å²) in [5.41, 5.74) is 0.702. The Bertz CT molecular complexity index is 887. The Morgan fingerprint density at radius 2 is 2.19 bits per heavy atom. The summed E-state index contributed by atoms with van der Waals surface area (Å²) in [7, 11) is 0. The van der Waals surface area contributed by atoms with Crippen LogP contribution in [0.3, 0.4) is 0 Å². The van der Waals surface area contributed by atoms with Crippen LogP contribution >= 0.6 is 22.7 Å². The number of furan rings is 1. The van der Waals surface area contributed by atoms with Gasteiger partial charge < -0.3 is 14.6 Å². The summed E-state index contributed by atoms with van der Waals surface area (Å²) < 4.78 is 5.32. The largest absolute Gasteiger partial charge is 0.463 e. The van der Waals surface area contributed by atoms with Gasteiger partial charge in [-0.15, -0.1) is 22.7 Å². The summed E-state index contributed by atoms with van der Waals surface area (Å²) in [6.45, 7) is 1.14. The Hall–Kier alpha value is -2.45. The molecule has 4 rings (SSSR count). The van der Waals surface area contributed by atoms with Gasteiger partial charge in [0.25, 0.3) is 5.91 Å². The molecule has 1 N–H and O–H groups in total. The van der Waals surface area contributed by atoms with E-state index in [-0.39, 0.29) is 17.7 Å². The molecule has 1 saturated heterocycles. The quantitative estimate of drug-likeness (QED) is 0.735. The maximum Gasteiger partial charge on any atom is 0.263 e. The van der Waals surface area contributed by atoms with Crippen molar-refractivity contribution in [1.29, 1.82) is 0 Å². The van der Waals surface area contributed by atoms with Gasteiger partial charge in [-0.2, -0.15) is 0 Å². The highest BCUT2D eigenvalue weighted by molar-refractivity contribution is 7.14. The standard InChI is InChI=1S/C18H17N3O3S2/c22-16(20-18-19-13(11-26-18)14-5-2-8-24-14)12-4-1-7-21(10-12)17(23)15-6-3-9-25-15/h2-3,5-6,8-9,11-12H,1,4,7,10H2,(H,19,20,22)/t12-/m1/s1. The zero-order valence-corrected chi connectivity index (χ0v) is 15.5. The van der Waals surface area contributed by atoms with E-state index >= 15 is 0 Å². The first-order valence-corrected chi connectivity index (χ1v) is 10.1. The lowest BCUT2D eigenvalue weighted by molar-refractivity contribution is -0.121. The van der Waals surface area contributed by atoms with Crippen molar-refractivity contribution in [2.45, 2.75) is 12.8 Å². The zero-order chi connectivity index (χ0) is 17.9. The molecule has 3 aromatic heterocycles. The molecule has 1 aliphatic rings. The number of hydrogen-bond acceptors (Lipinski definition) is 6. The normalized spacial score (nSPS) is 17.2. The summed E-state index contributed by atoms with van der Waals surface area (Å²) >= 11 is 2.79. The predicted molar refractivity (Wildman–Crippen MR) is 101 cm³/mol. The number of nitrogens with zero attached hydrogens (tertiary/aromatic N) is 2. The number of carbonyl (C=O) groups excluding carboxylic acids is 2. The van der Waals surface area contributed by atoms with E-state index in [9.17, 15) is 9.59 Å². The SMILES string of the molecule is O=C(Nc1nc(-c2ccco2)cs1)[C@@H]1CCCN(C(=O)c2cccs2)C1. The molecule has 0 aliphatic carbocycles. The third-order valence-corrected chi connectivity index (χ3v) is 5.93. The van der Waals surface area contributed by atoms with Crippen LogP contribution in [0, 0.1) is 5.92 Å². The third-order valence-electron chi connectivity index (χ3n) is 4.32. The molecule has 0 saturated carbocycles. The van der Waals surface area contributed by atoms with Gasteiger partial charge in [-0.3, -0.25) is 9.59 Å². The molecule has 26 heavy (non-hydrogen) atoms. The summed E-state index contributed by atoms with van der Waals surface area (Å²) in [5.74, 6) is 0.372. The Labute approximate surface area is 158 Å². The van der Waals surface area contributed by atoms with Gasteiger partial charge in [-0.05, 0) is 36.4 Å². The molecule has 134 valence electrons. The molecule has 3 aromatic rings. The smallest absolute Gasteiger partial charge is 0.263 e. The molecule has 0 spiro atoms. The van der Waals surface area contributed by atoms with Crippen LogP contribution in [0.15, 0.2) is 45.7 Å². The number of hydrogen-bond donors (Lipinski definition) is 1. The lowest BCUT2D eigenvalue weighted by Crippen LogP contribution is -2.43. The fourth-order valence-electron chi connectivity index (χ4n) is 3.01. The minimum absolute atomic E-state index is 0.00635. The summed E-state index contributed by atoms with van der Waals surface area (Å²) in [6.07, 6.45) is 3.19. The van der Waals surface area contributed by atoms with E-state index in [1.165, 1.54) is 22.7 Å². The van der Waals surface area contributed by atoms with Crippen LogP contribution in [0.2, 0.25) is 0 Å². The topological polar surface area (TPSA) is 75.4 Å². The number of nitrogens with one attached hydrogen (secondary N) is 1. The van der Waals surface area contributed by atoms with Crippen molar-refractivity contribution < 1.29 is 14.0 Å². The van der Waals surface area contributed by atoms with Gasteiger partial charge in [0.05, 0.1) is 17.1 Å². The summed E-state index contributed by atoms with van der Waals surface area (Å²) in [6, 6.07) is 7.32. The van der Waals surface area contributed by atoms with Crippen molar-refractivity contribution in [1.82, 2.24) is 9.88 Å². The van der Waals surface area contributed by atoms with E-state index in [2.05, 4.69) is 10.3 Å². The lowest BCUT2D eigenvalue weighted by Gasteiger charge is -2.31. The van der Waals surface area contributed by atoms with Gasteiger partial charge in [0.15, 0.2) is 10.9 Å². The number of amides is 2. The highest BCUT2D eigenvalue weighted by atomic mass is 32.1. The van der Waals surface area contributed by atoms with Crippen molar-refractivity contribution in [3.63, 3.8) is 0 Å². The van der Waals surface area contributed by atoms with Gasteiger partial charge in [-0.25, -0.2) is 4.98 Å². The number of thiazole rings is 1. The van der Waals surface area contributed by atoms with Crippen LogP contribution in [0.25, 0.3) is 11.5 Å². The third kappa shape index (κ3) is 3.56. The molecule has 1 atom stereocenters. The Balaban J connectivity index is 1.39. The second kappa shape index (κ2) is 7.43. The van der Waals surface area contributed by atoms with Gasteiger partial charge >= 0.3 is 0 Å². The molecule has 0 radical (unpaired) electrons. The first-order valence-electron chi connectivity index (χ1n) is 8.34. The van der Waals surface area contributed by atoms with E-state index in [0.29, 0.717) is 34.6 Å². The van der Waals surface area contributed by atoms with Gasteiger partial charge in [0.2, 0.25) is 5.91 Å². The van der Waals surface area contributed by atoms with Crippen LogP contribution in [0.1, 0.15) is 22.5 Å². The highest BCUT2D eigenvalue weighted by Gasteiger charge is 2.29. The van der Waals surface area contributed by atoms with Crippen LogP contribution in [-0.4, -0.2) is 34.8 Å². The van der Waals surface area contributed by atoms with Crippen LogP contribution < -0.4 is 5.32 Å². The number of likely N-dealkylation sites (tertiary alicyclic amines) is 1. The monoisotopic (exact) mass is 387 g/mol. The Kier molecular flexibility index (Phi) is 4.85. The van der Waals surface area contributed by atoms with Crippen molar-refractivity contribution in [2.24, 2.45) is 5.92 Å². The first-order chi connectivity index (χ1) is 12.7. The number of rotatable bonds is 4. The lowest BCUT2D eigenvalue weighted by atomic mass is 9.97. The predicted octanol–water partition coefficient (Wildman–Crippen LogP) is 3.96. The van der Waals surface area contributed by atoms with E-state index in [4.69, 9.17) is 4.42 Å². The molecule has 0 aromatic carbocycles. The molecule has 0 bridgehead atoms. The number of carbonyl (C=O) groups is 2. The molecule has 4 heterocycles. The Morgan fingerprint density at radius 1 is 1.27 bits per heavy atom.